The molecule has 2 fully saturated rings. The Labute approximate surface area is 180 Å². The molecule has 0 amide bonds. The van der Waals surface area contributed by atoms with E-state index < -0.39 is 0 Å². The summed E-state index contributed by atoms with van der Waals surface area (Å²) < 4.78 is 0. The van der Waals surface area contributed by atoms with E-state index in [1.807, 2.05) is 0 Å². The Hall–Kier alpha value is -0.920. The van der Waals surface area contributed by atoms with Gasteiger partial charge in [0.15, 0.2) is 0 Å². The van der Waals surface area contributed by atoms with E-state index in [9.17, 15) is 0 Å². The van der Waals surface area contributed by atoms with Crippen molar-refractivity contribution in [2.24, 2.45) is 23.7 Å². The van der Waals surface area contributed by atoms with Gasteiger partial charge in [-0.3, -0.25) is 0 Å². The molecule has 0 radical (unpaired) electrons. The van der Waals surface area contributed by atoms with Crippen LogP contribution in [-0.4, -0.2) is 9.97 Å². The third-order valence-corrected chi connectivity index (χ3v) is 7.96. The first kappa shape index (κ1) is 22.8. The molecule has 2 saturated carbocycles. The van der Waals surface area contributed by atoms with Crippen molar-refractivity contribution in [2.45, 2.75) is 123 Å². The fourth-order valence-corrected chi connectivity index (χ4v) is 6.08. The van der Waals surface area contributed by atoms with Crippen molar-refractivity contribution in [3.8, 4) is 0 Å². The van der Waals surface area contributed by atoms with Crippen LogP contribution in [0, 0.1) is 23.7 Å². The van der Waals surface area contributed by atoms with Gasteiger partial charge in [0.2, 0.25) is 0 Å². The highest BCUT2D eigenvalue weighted by molar-refractivity contribution is 5.06. The predicted molar refractivity (Wildman–Crippen MR) is 124 cm³/mol. The monoisotopic (exact) mass is 398 g/mol. The molecule has 1 unspecified atom stereocenters. The minimum atomic E-state index is 0.827. The third kappa shape index (κ3) is 7.37. The molecular formula is C27H46N2. The van der Waals surface area contributed by atoms with Crippen LogP contribution in [0.25, 0.3) is 0 Å². The second-order valence-electron chi connectivity index (χ2n) is 10.2. The number of aryl methyl sites for hydroxylation is 1. The zero-order valence-corrected chi connectivity index (χ0v) is 19.4. The molecule has 0 spiro atoms. The maximum Gasteiger partial charge on any atom is 0.128 e. The fourth-order valence-electron chi connectivity index (χ4n) is 6.08. The van der Waals surface area contributed by atoms with Gasteiger partial charge in [-0.2, -0.15) is 0 Å². The molecule has 1 aromatic rings. The van der Waals surface area contributed by atoms with E-state index in [0.717, 1.165) is 42.3 Å². The summed E-state index contributed by atoms with van der Waals surface area (Å²) in [6, 6.07) is 0. The van der Waals surface area contributed by atoms with Crippen molar-refractivity contribution in [3.05, 3.63) is 23.8 Å². The standard InChI is InChI=1S/C27H46N2/c1-3-5-8-12-22-15-17-25(18-16-22)26(24-13-9-7-10-14-24)19-27-28-20-23(21-29-27)11-6-4-2/h20-22,24-26H,3-19H2,1-2H3. The number of hydrogen-bond acceptors (Lipinski definition) is 2. The van der Waals surface area contributed by atoms with Gasteiger partial charge in [0.1, 0.15) is 5.82 Å². The summed E-state index contributed by atoms with van der Waals surface area (Å²) in [6.45, 7) is 4.58. The lowest BCUT2D eigenvalue weighted by Gasteiger charge is -2.39. The van der Waals surface area contributed by atoms with Crippen molar-refractivity contribution in [1.29, 1.82) is 0 Å². The van der Waals surface area contributed by atoms with Crippen molar-refractivity contribution < 1.29 is 0 Å². The highest BCUT2D eigenvalue weighted by Crippen LogP contribution is 2.43. The van der Waals surface area contributed by atoms with Crippen LogP contribution in [0.3, 0.4) is 0 Å². The van der Waals surface area contributed by atoms with Gasteiger partial charge in [-0.15, -0.1) is 0 Å². The van der Waals surface area contributed by atoms with E-state index in [1.54, 1.807) is 0 Å². The maximum absolute atomic E-state index is 4.81. The summed E-state index contributed by atoms with van der Waals surface area (Å²) in [4.78, 5) is 9.63. The van der Waals surface area contributed by atoms with Gasteiger partial charge in [-0.05, 0) is 54.9 Å². The summed E-state index contributed by atoms with van der Waals surface area (Å²) in [5.74, 6) is 4.80. The van der Waals surface area contributed by atoms with E-state index in [2.05, 4.69) is 26.2 Å². The van der Waals surface area contributed by atoms with Gasteiger partial charge >= 0.3 is 0 Å². The molecule has 0 bridgehead atoms. The van der Waals surface area contributed by atoms with Gasteiger partial charge in [0, 0.05) is 18.8 Å². The average Bonchev–Trinajstić information content (AvgIpc) is 2.78. The maximum atomic E-state index is 4.81. The Kier molecular flexibility index (Phi) is 9.97. The second kappa shape index (κ2) is 12.7. The number of hydrogen-bond donors (Lipinski definition) is 0. The Bertz CT molecular complexity index is 538. The van der Waals surface area contributed by atoms with Crippen LogP contribution in [0.4, 0.5) is 0 Å². The molecular weight excluding hydrogens is 352 g/mol. The summed E-state index contributed by atoms with van der Waals surface area (Å²) >= 11 is 0. The summed E-state index contributed by atoms with van der Waals surface area (Å²) in [6.07, 6.45) is 27.8. The Morgan fingerprint density at radius 1 is 0.793 bits per heavy atom. The summed E-state index contributed by atoms with van der Waals surface area (Å²) in [5.41, 5.74) is 1.32. The lowest BCUT2D eigenvalue weighted by molar-refractivity contribution is 0.121. The van der Waals surface area contributed by atoms with Crippen LogP contribution in [0.2, 0.25) is 0 Å². The molecule has 0 aliphatic heterocycles. The Morgan fingerprint density at radius 2 is 1.45 bits per heavy atom. The molecule has 1 heterocycles. The minimum Gasteiger partial charge on any atom is -0.241 e. The normalized spacial score (nSPS) is 24.5. The number of rotatable bonds is 11. The van der Waals surface area contributed by atoms with Crippen LogP contribution in [0.1, 0.15) is 122 Å². The van der Waals surface area contributed by atoms with Crippen molar-refractivity contribution in [2.75, 3.05) is 0 Å². The van der Waals surface area contributed by atoms with Crippen LogP contribution in [0.15, 0.2) is 12.4 Å². The lowest BCUT2D eigenvalue weighted by Crippen LogP contribution is -2.31. The first-order chi connectivity index (χ1) is 14.3. The van der Waals surface area contributed by atoms with Gasteiger partial charge in [0.25, 0.3) is 0 Å². The van der Waals surface area contributed by atoms with Crippen molar-refractivity contribution in [3.63, 3.8) is 0 Å². The first-order valence-electron chi connectivity index (χ1n) is 13.1. The van der Waals surface area contributed by atoms with Gasteiger partial charge in [0.05, 0.1) is 0 Å². The molecule has 2 heteroatoms. The lowest BCUT2D eigenvalue weighted by atomic mass is 9.66. The van der Waals surface area contributed by atoms with Crippen LogP contribution in [0.5, 0.6) is 0 Å². The second-order valence-corrected chi connectivity index (χ2v) is 10.2. The predicted octanol–water partition coefficient (Wildman–Crippen LogP) is 7.94. The van der Waals surface area contributed by atoms with Crippen LogP contribution < -0.4 is 0 Å². The van der Waals surface area contributed by atoms with E-state index in [0.29, 0.717) is 0 Å². The molecule has 2 aliphatic carbocycles. The first-order valence-corrected chi connectivity index (χ1v) is 13.1. The minimum absolute atomic E-state index is 0.827. The van der Waals surface area contributed by atoms with E-state index in [4.69, 9.17) is 9.97 Å². The van der Waals surface area contributed by atoms with E-state index in [1.165, 1.54) is 102 Å². The van der Waals surface area contributed by atoms with E-state index >= 15 is 0 Å². The SMILES string of the molecule is CCCCCC1CCC(C(Cc2ncc(CCCC)cn2)C2CCCCC2)CC1. The van der Waals surface area contributed by atoms with Crippen LogP contribution >= 0.6 is 0 Å². The number of nitrogens with zero attached hydrogens (tertiary/aromatic N) is 2. The molecule has 1 aromatic heterocycles. The molecule has 2 nitrogen and oxygen atoms in total. The van der Waals surface area contributed by atoms with Gasteiger partial charge < -0.3 is 0 Å². The number of aromatic nitrogens is 2. The molecule has 1 atom stereocenters. The Morgan fingerprint density at radius 3 is 2.10 bits per heavy atom. The molecule has 0 saturated heterocycles. The molecule has 164 valence electrons. The van der Waals surface area contributed by atoms with Gasteiger partial charge in [-0.1, -0.05) is 90.9 Å². The molecule has 0 N–H and O–H groups in total. The number of unbranched alkanes of at least 4 members (excludes halogenated alkanes) is 3. The smallest absolute Gasteiger partial charge is 0.128 e. The topological polar surface area (TPSA) is 25.8 Å². The third-order valence-electron chi connectivity index (χ3n) is 7.96. The summed E-state index contributed by atoms with van der Waals surface area (Å²) in [7, 11) is 0. The average molecular weight is 399 g/mol. The molecule has 0 aromatic carbocycles. The highest BCUT2D eigenvalue weighted by atomic mass is 14.9. The van der Waals surface area contributed by atoms with Gasteiger partial charge in [-0.25, -0.2) is 9.97 Å². The van der Waals surface area contributed by atoms with Crippen molar-refractivity contribution >= 4 is 0 Å². The highest BCUT2D eigenvalue weighted by Gasteiger charge is 2.33. The Balaban J connectivity index is 1.58. The zero-order valence-electron chi connectivity index (χ0n) is 19.4. The largest absolute Gasteiger partial charge is 0.241 e. The quantitative estimate of drug-likeness (QED) is 0.353. The van der Waals surface area contributed by atoms with Crippen molar-refractivity contribution in [1.82, 2.24) is 9.97 Å². The fraction of sp³-hybridized carbons (Fsp3) is 0.852. The molecule has 3 rings (SSSR count). The molecule has 2 aliphatic rings. The molecule has 29 heavy (non-hydrogen) atoms. The van der Waals surface area contributed by atoms with Crippen LogP contribution in [-0.2, 0) is 12.8 Å². The zero-order chi connectivity index (χ0) is 20.3. The van der Waals surface area contributed by atoms with E-state index in [-0.39, 0.29) is 0 Å². The summed E-state index contributed by atoms with van der Waals surface area (Å²) in [5, 5.41) is 0.